The summed E-state index contributed by atoms with van der Waals surface area (Å²) in [4.78, 5) is 109. The molecule has 21 heteroatoms. The third-order valence-corrected chi connectivity index (χ3v) is 13.2. The summed E-state index contributed by atoms with van der Waals surface area (Å²) in [6.07, 6.45) is 2.27. The van der Waals surface area contributed by atoms with Crippen LogP contribution in [0.4, 0.5) is 0 Å². The van der Waals surface area contributed by atoms with Crippen molar-refractivity contribution in [1.82, 2.24) is 37.2 Å². The van der Waals surface area contributed by atoms with Crippen LogP contribution in [-0.4, -0.2) is 102 Å². The van der Waals surface area contributed by atoms with E-state index in [2.05, 4.69) is 37.2 Å². The van der Waals surface area contributed by atoms with Gasteiger partial charge >= 0.3 is 0 Å². The summed E-state index contributed by atoms with van der Waals surface area (Å²) in [6.45, 7) is 10.6. The summed E-state index contributed by atoms with van der Waals surface area (Å²) in [5.41, 5.74) is 19.0. The van der Waals surface area contributed by atoms with Crippen LogP contribution in [0.25, 0.3) is 0 Å². The zero-order valence-corrected chi connectivity index (χ0v) is 44.0. The van der Waals surface area contributed by atoms with Gasteiger partial charge in [-0.3, -0.25) is 38.4 Å². The van der Waals surface area contributed by atoms with Crippen molar-refractivity contribution in [3.05, 3.63) is 105 Å². The smallest absolute Gasteiger partial charge is 0.243 e. The summed E-state index contributed by atoms with van der Waals surface area (Å²) in [6, 6.07) is 10.4. The Morgan fingerprint density at radius 2 is 0.806 bits per heavy atom. The van der Waals surface area contributed by atoms with Gasteiger partial charge in [-0.2, -0.15) is 0 Å². The summed E-state index contributed by atoms with van der Waals surface area (Å²) in [5, 5.41) is 20.1. The van der Waals surface area contributed by atoms with Crippen molar-refractivity contribution in [3.8, 4) is 0 Å². The SMILES string of the molecule is CCC(C)C(N)C(=O)NC(C(=O)NC(Cc1ccc(Cl)cc1)C(=O)NC(Cc1ccc(Cl)cc1)C(=O)NC(Cc1ccc(Cl)cc1)C(=O)NC(C)C(=O)NC(C)C(=O)NC(CCCCN)C(N)=O)C(C)CC. The van der Waals surface area contributed by atoms with Gasteiger partial charge in [-0.1, -0.05) is 112 Å². The molecule has 0 saturated carbocycles. The van der Waals surface area contributed by atoms with Crippen molar-refractivity contribution in [2.45, 2.75) is 141 Å². The third-order valence-electron chi connectivity index (χ3n) is 12.4. The Hall–Kier alpha value is -5.79. The van der Waals surface area contributed by atoms with Crippen LogP contribution in [-0.2, 0) is 57.6 Å². The lowest BCUT2D eigenvalue weighted by Crippen LogP contribution is -2.61. The Morgan fingerprint density at radius 1 is 0.458 bits per heavy atom. The van der Waals surface area contributed by atoms with E-state index < -0.39 is 95.6 Å². The average Bonchev–Trinajstić information content (AvgIpc) is 3.35. The van der Waals surface area contributed by atoms with Crippen molar-refractivity contribution in [3.63, 3.8) is 0 Å². The third kappa shape index (κ3) is 20.0. The molecular weight excluding hydrogens is 987 g/mol. The molecule has 0 spiro atoms. The summed E-state index contributed by atoms with van der Waals surface area (Å²) in [7, 11) is 0. The molecule has 10 atom stereocenters. The predicted octanol–water partition coefficient (Wildman–Crippen LogP) is 3.14. The van der Waals surface area contributed by atoms with E-state index in [1.54, 1.807) is 79.7 Å². The van der Waals surface area contributed by atoms with Gasteiger partial charge in [0.2, 0.25) is 47.3 Å². The van der Waals surface area contributed by atoms with E-state index in [4.69, 9.17) is 52.0 Å². The summed E-state index contributed by atoms with van der Waals surface area (Å²) < 4.78 is 0. The fraction of sp³-hybridized carbons (Fsp3) is 0.490. The second-order valence-electron chi connectivity index (χ2n) is 18.2. The number of nitrogens with two attached hydrogens (primary N) is 3. The lowest BCUT2D eigenvalue weighted by molar-refractivity contribution is -0.135. The molecular formula is C51H71Cl3N10O8. The molecule has 18 nitrogen and oxygen atoms in total. The second-order valence-corrected chi connectivity index (χ2v) is 19.5. The first kappa shape index (κ1) is 60.5. The quantitative estimate of drug-likeness (QED) is 0.0453. The van der Waals surface area contributed by atoms with Gasteiger partial charge in [-0.25, -0.2) is 0 Å². The maximum absolute atomic E-state index is 14.6. The van der Waals surface area contributed by atoms with E-state index in [1.807, 2.05) is 20.8 Å². The number of carbonyl (C=O) groups excluding carboxylic acids is 8. The molecule has 10 unspecified atom stereocenters. The fourth-order valence-corrected chi connectivity index (χ4v) is 7.70. The number of hydrogen-bond acceptors (Lipinski definition) is 10. The van der Waals surface area contributed by atoms with Gasteiger partial charge in [0.1, 0.15) is 42.3 Å². The van der Waals surface area contributed by atoms with E-state index in [0.717, 1.165) is 0 Å². The van der Waals surface area contributed by atoms with E-state index in [9.17, 15) is 38.4 Å². The highest BCUT2D eigenvalue weighted by molar-refractivity contribution is 6.31. The van der Waals surface area contributed by atoms with Crippen molar-refractivity contribution < 1.29 is 38.4 Å². The molecule has 0 aliphatic rings. The Balaban J connectivity index is 1.96. The minimum absolute atomic E-state index is 0.0556. The molecule has 8 amide bonds. The predicted molar refractivity (Wildman–Crippen MR) is 279 cm³/mol. The number of benzene rings is 3. The first-order valence-corrected chi connectivity index (χ1v) is 25.3. The summed E-state index contributed by atoms with van der Waals surface area (Å²) >= 11 is 18.5. The van der Waals surface area contributed by atoms with Crippen LogP contribution >= 0.6 is 34.8 Å². The van der Waals surface area contributed by atoms with Crippen molar-refractivity contribution in [2.75, 3.05) is 6.54 Å². The monoisotopic (exact) mass is 1060 g/mol. The number of primary amides is 1. The maximum atomic E-state index is 14.6. The van der Waals surface area contributed by atoms with Gasteiger partial charge in [0, 0.05) is 34.3 Å². The van der Waals surface area contributed by atoms with Crippen LogP contribution in [0.1, 0.15) is 90.3 Å². The minimum Gasteiger partial charge on any atom is -0.368 e. The van der Waals surface area contributed by atoms with E-state index in [0.29, 0.717) is 64.0 Å². The Morgan fingerprint density at radius 3 is 1.18 bits per heavy atom. The minimum atomic E-state index is -1.37. The van der Waals surface area contributed by atoms with Crippen LogP contribution in [0, 0.1) is 11.8 Å². The van der Waals surface area contributed by atoms with Crippen LogP contribution in [0.15, 0.2) is 72.8 Å². The molecule has 394 valence electrons. The highest BCUT2D eigenvalue weighted by Crippen LogP contribution is 2.17. The Kier molecular flexibility index (Phi) is 25.5. The zero-order valence-electron chi connectivity index (χ0n) is 41.7. The molecule has 0 radical (unpaired) electrons. The van der Waals surface area contributed by atoms with E-state index in [1.165, 1.54) is 13.8 Å². The molecule has 3 aromatic carbocycles. The molecule has 0 aliphatic heterocycles. The summed E-state index contributed by atoms with van der Waals surface area (Å²) in [5.74, 6) is -6.25. The average molecular weight is 1060 g/mol. The van der Waals surface area contributed by atoms with Gasteiger partial charge in [0.15, 0.2) is 0 Å². The molecule has 13 N–H and O–H groups in total. The Bertz CT molecular complexity index is 2290. The number of unbranched alkanes of at least 4 members (excludes halogenated alkanes) is 1. The van der Waals surface area contributed by atoms with Gasteiger partial charge in [-0.15, -0.1) is 0 Å². The first-order valence-electron chi connectivity index (χ1n) is 24.2. The number of nitrogens with one attached hydrogen (secondary N) is 7. The fourth-order valence-electron chi connectivity index (χ4n) is 7.32. The van der Waals surface area contributed by atoms with E-state index >= 15 is 0 Å². The molecule has 72 heavy (non-hydrogen) atoms. The maximum Gasteiger partial charge on any atom is 0.243 e. The van der Waals surface area contributed by atoms with Gasteiger partial charge in [0.05, 0.1) is 6.04 Å². The highest BCUT2D eigenvalue weighted by Gasteiger charge is 2.35. The number of halogens is 3. The van der Waals surface area contributed by atoms with Crippen LogP contribution in [0.2, 0.25) is 15.1 Å². The van der Waals surface area contributed by atoms with Crippen molar-refractivity contribution in [2.24, 2.45) is 29.0 Å². The van der Waals surface area contributed by atoms with Gasteiger partial charge in [0.25, 0.3) is 0 Å². The van der Waals surface area contributed by atoms with E-state index in [-0.39, 0.29) is 37.5 Å². The van der Waals surface area contributed by atoms with Crippen LogP contribution in [0.5, 0.6) is 0 Å². The Labute approximate surface area is 437 Å². The standard InChI is InChI=1S/C51H71Cl3N10O8/c1-7-28(3)42(56)50(71)64-43(29(4)8-2)51(72)63-41(27-34-16-22-37(54)23-17-34)49(70)62-40(26-33-14-20-36(53)21-15-33)48(69)61-39(25-32-12-18-35(52)19-13-32)47(68)59-30(5)45(66)58-31(6)46(67)60-38(44(57)65)11-9-10-24-55/h12-23,28-31,38-43H,7-11,24-27,55-56H2,1-6H3,(H2,57,65)(H,58,66)(H,59,68)(H,60,67)(H,61,69)(H,62,70)(H,63,72)(H,64,71). The van der Waals surface area contributed by atoms with Gasteiger partial charge < -0.3 is 54.4 Å². The van der Waals surface area contributed by atoms with Gasteiger partial charge in [-0.05, 0) is 105 Å². The lowest BCUT2D eigenvalue weighted by atomic mass is 9.95. The van der Waals surface area contributed by atoms with Crippen LogP contribution in [0.3, 0.4) is 0 Å². The molecule has 0 heterocycles. The molecule has 0 aliphatic carbocycles. The highest BCUT2D eigenvalue weighted by atomic mass is 35.5. The second kappa shape index (κ2) is 30.3. The molecule has 0 aromatic heterocycles. The molecule has 3 rings (SSSR count). The number of amides is 8. The number of carbonyl (C=O) groups is 8. The molecule has 3 aromatic rings. The van der Waals surface area contributed by atoms with Crippen molar-refractivity contribution >= 4 is 82.1 Å². The topological polar surface area (TPSA) is 299 Å². The molecule has 0 fully saturated rings. The van der Waals surface area contributed by atoms with Crippen molar-refractivity contribution in [1.29, 1.82) is 0 Å². The number of rotatable bonds is 29. The zero-order chi connectivity index (χ0) is 53.7. The normalized spacial score (nSPS) is 15.3. The molecule has 0 bridgehead atoms. The largest absolute Gasteiger partial charge is 0.368 e. The molecule has 0 saturated heterocycles. The van der Waals surface area contributed by atoms with Crippen LogP contribution < -0.4 is 54.4 Å². The lowest BCUT2D eigenvalue weighted by Gasteiger charge is -2.29. The first-order chi connectivity index (χ1) is 34.1. The number of hydrogen-bond donors (Lipinski definition) is 10.